The number of nitrogens with zero attached hydrogens (tertiary/aromatic N) is 1. The summed E-state index contributed by atoms with van der Waals surface area (Å²) in [6.07, 6.45) is 2.16. The molecule has 0 unspecified atom stereocenters. The van der Waals surface area contributed by atoms with Gasteiger partial charge in [0.25, 0.3) is 0 Å². The van der Waals surface area contributed by atoms with Crippen molar-refractivity contribution in [3.63, 3.8) is 0 Å². The van der Waals surface area contributed by atoms with Crippen molar-refractivity contribution in [1.82, 2.24) is 4.90 Å². The van der Waals surface area contributed by atoms with E-state index in [1.54, 1.807) is 21.3 Å². The van der Waals surface area contributed by atoms with Gasteiger partial charge in [-0.2, -0.15) is 0 Å². The molecule has 160 valence electrons. The number of halogens is 1. The summed E-state index contributed by atoms with van der Waals surface area (Å²) in [5, 5.41) is 0. The van der Waals surface area contributed by atoms with Crippen molar-refractivity contribution in [2.75, 3.05) is 54.4 Å². The normalized spacial score (nSPS) is 15.9. The third kappa shape index (κ3) is 4.11. The molecule has 2 aliphatic rings. The highest BCUT2D eigenvalue weighted by molar-refractivity contribution is 14.1. The average molecular weight is 525 g/mol. The molecule has 0 radical (unpaired) electrons. The fraction of sp³-hybridized carbons (Fsp3) is 0.364. The maximum atomic E-state index is 5.59. The minimum atomic E-state index is 0.252. The van der Waals surface area contributed by atoms with Crippen LogP contribution in [0.25, 0.3) is 11.8 Å². The molecule has 2 aliphatic heterocycles. The summed E-state index contributed by atoms with van der Waals surface area (Å²) in [5.74, 6) is 3.34. The smallest absolute Gasteiger partial charge is 0.231 e. The Hall–Kier alpha value is -2.33. The van der Waals surface area contributed by atoms with Gasteiger partial charge in [-0.1, -0.05) is 0 Å². The Kier molecular flexibility index (Phi) is 6.43. The largest absolute Gasteiger partial charge is 0.493 e. The molecule has 0 aliphatic carbocycles. The molecule has 30 heavy (non-hydrogen) atoms. The van der Waals surface area contributed by atoms with E-state index in [0.29, 0.717) is 30.5 Å². The second kappa shape index (κ2) is 9.22. The zero-order valence-electron chi connectivity index (χ0n) is 17.2. The number of morpholine rings is 1. The van der Waals surface area contributed by atoms with E-state index in [-0.39, 0.29) is 6.79 Å². The minimum absolute atomic E-state index is 0.252. The van der Waals surface area contributed by atoms with Gasteiger partial charge in [0.1, 0.15) is 0 Å². The number of hydrogen-bond donors (Lipinski definition) is 0. The first kappa shape index (κ1) is 20.9. The summed E-state index contributed by atoms with van der Waals surface area (Å²) >= 11 is 2.32. The number of benzene rings is 2. The predicted molar refractivity (Wildman–Crippen MR) is 122 cm³/mol. The van der Waals surface area contributed by atoms with Gasteiger partial charge < -0.3 is 33.3 Å². The molecule has 0 aromatic heterocycles. The molecule has 0 N–H and O–H groups in total. The van der Waals surface area contributed by atoms with E-state index < -0.39 is 0 Å². The molecular weight excluding hydrogens is 501 g/mol. The van der Waals surface area contributed by atoms with Crippen molar-refractivity contribution in [2.24, 2.45) is 0 Å². The Bertz CT molecular complexity index is 930. The molecule has 2 aromatic rings. The van der Waals surface area contributed by atoms with Gasteiger partial charge in [0.2, 0.25) is 12.5 Å². The van der Waals surface area contributed by atoms with Crippen LogP contribution in [0.15, 0.2) is 24.3 Å². The minimum Gasteiger partial charge on any atom is -0.493 e. The van der Waals surface area contributed by atoms with Crippen LogP contribution in [0.3, 0.4) is 0 Å². The van der Waals surface area contributed by atoms with E-state index in [2.05, 4.69) is 33.6 Å². The quantitative estimate of drug-likeness (QED) is 0.419. The molecule has 0 spiro atoms. The monoisotopic (exact) mass is 525 g/mol. The van der Waals surface area contributed by atoms with Crippen LogP contribution in [-0.2, 0) is 4.74 Å². The maximum Gasteiger partial charge on any atom is 0.231 e. The summed E-state index contributed by atoms with van der Waals surface area (Å²) in [7, 11) is 4.85. The van der Waals surface area contributed by atoms with E-state index in [0.717, 1.165) is 45.0 Å². The molecule has 0 saturated carbocycles. The molecule has 2 aromatic carbocycles. The maximum absolute atomic E-state index is 5.59. The predicted octanol–water partition coefficient (Wildman–Crippen LogP) is 3.88. The number of ether oxygens (including phenoxy) is 6. The van der Waals surface area contributed by atoms with E-state index in [1.807, 2.05) is 24.3 Å². The lowest BCUT2D eigenvalue weighted by Gasteiger charge is -2.32. The lowest BCUT2D eigenvalue weighted by molar-refractivity contribution is 0.0642. The van der Waals surface area contributed by atoms with Crippen LogP contribution in [0.5, 0.6) is 28.7 Å². The van der Waals surface area contributed by atoms with Crippen molar-refractivity contribution in [3.05, 3.63) is 39.0 Å². The second-order valence-corrected chi connectivity index (χ2v) is 7.93. The first-order valence-corrected chi connectivity index (χ1v) is 10.7. The van der Waals surface area contributed by atoms with E-state index in [4.69, 9.17) is 28.4 Å². The first-order chi connectivity index (χ1) is 14.6. The number of rotatable bonds is 6. The van der Waals surface area contributed by atoms with Crippen LogP contribution >= 0.6 is 22.6 Å². The molecule has 1 saturated heterocycles. The number of fused-ring (bicyclic) bond motifs is 1. The van der Waals surface area contributed by atoms with Crippen molar-refractivity contribution in [1.29, 1.82) is 0 Å². The van der Waals surface area contributed by atoms with Crippen LogP contribution in [0.1, 0.15) is 11.1 Å². The number of hydrogen-bond acceptors (Lipinski definition) is 7. The zero-order valence-corrected chi connectivity index (χ0v) is 19.4. The van der Waals surface area contributed by atoms with Gasteiger partial charge in [-0.25, -0.2) is 0 Å². The van der Waals surface area contributed by atoms with Crippen molar-refractivity contribution in [2.45, 2.75) is 0 Å². The van der Waals surface area contributed by atoms with Crippen LogP contribution in [0, 0.1) is 3.57 Å². The Morgan fingerprint density at radius 2 is 1.57 bits per heavy atom. The Morgan fingerprint density at radius 3 is 2.17 bits per heavy atom. The Morgan fingerprint density at radius 1 is 0.933 bits per heavy atom. The van der Waals surface area contributed by atoms with E-state index in [1.165, 1.54) is 0 Å². The molecule has 1 fully saturated rings. The highest BCUT2D eigenvalue weighted by Gasteiger charge is 2.22. The van der Waals surface area contributed by atoms with Gasteiger partial charge in [0, 0.05) is 27.9 Å². The molecule has 0 bridgehead atoms. The van der Waals surface area contributed by atoms with Gasteiger partial charge in [0.05, 0.1) is 34.5 Å². The molecule has 4 rings (SSSR count). The van der Waals surface area contributed by atoms with Crippen LogP contribution in [0.2, 0.25) is 0 Å². The van der Waals surface area contributed by atoms with Crippen molar-refractivity contribution >= 4 is 34.4 Å². The van der Waals surface area contributed by atoms with E-state index in [9.17, 15) is 0 Å². The molecule has 8 heteroatoms. The van der Waals surface area contributed by atoms with Crippen LogP contribution in [0.4, 0.5) is 0 Å². The van der Waals surface area contributed by atoms with Gasteiger partial charge in [-0.15, -0.1) is 0 Å². The fourth-order valence-corrected chi connectivity index (χ4v) is 4.18. The SMILES string of the molecule is COc1cc(/C(=C/c2cc3c(cc2I)OCO3)N2CCOCC2)cc(OC)c1OC. The molecule has 0 amide bonds. The molecular formula is C22H24INO6. The van der Waals surface area contributed by atoms with Crippen molar-refractivity contribution < 1.29 is 28.4 Å². The summed E-state index contributed by atoms with van der Waals surface area (Å²) in [4.78, 5) is 2.31. The third-order valence-electron chi connectivity index (χ3n) is 5.10. The number of methoxy groups -OCH3 is 3. The van der Waals surface area contributed by atoms with Gasteiger partial charge in [-0.3, -0.25) is 0 Å². The van der Waals surface area contributed by atoms with Crippen LogP contribution in [-0.4, -0.2) is 59.3 Å². The molecule has 0 atom stereocenters. The summed E-state index contributed by atoms with van der Waals surface area (Å²) in [6.45, 7) is 3.20. The zero-order chi connectivity index (χ0) is 21.1. The summed E-state index contributed by atoms with van der Waals surface area (Å²) in [5.41, 5.74) is 3.07. The average Bonchev–Trinajstić information content (AvgIpc) is 3.23. The molecule has 7 nitrogen and oxygen atoms in total. The van der Waals surface area contributed by atoms with Gasteiger partial charge >= 0.3 is 0 Å². The topological polar surface area (TPSA) is 58.6 Å². The van der Waals surface area contributed by atoms with Crippen LogP contribution < -0.4 is 23.7 Å². The Labute approximate surface area is 189 Å². The lowest BCUT2D eigenvalue weighted by Crippen LogP contribution is -2.35. The summed E-state index contributed by atoms with van der Waals surface area (Å²) < 4.78 is 34.4. The summed E-state index contributed by atoms with van der Waals surface area (Å²) in [6, 6.07) is 7.97. The third-order valence-corrected chi connectivity index (χ3v) is 6.03. The Balaban J connectivity index is 1.85. The van der Waals surface area contributed by atoms with Gasteiger partial charge in [0.15, 0.2) is 23.0 Å². The van der Waals surface area contributed by atoms with E-state index >= 15 is 0 Å². The first-order valence-electron chi connectivity index (χ1n) is 9.58. The standard InChI is InChI=1S/C22H24INO6/c1-25-20-10-15(11-21(26-2)22(20)27-3)17(24-4-6-28-7-5-24)8-14-9-18-19(12-16(14)23)30-13-29-18/h8-12H,4-7,13H2,1-3H3/b17-8-. The van der Waals surface area contributed by atoms with Gasteiger partial charge in [-0.05, 0) is 58.5 Å². The second-order valence-electron chi connectivity index (χ2n) is 6.77. The highest BCUT2D eigenvalue weighted by Crippen LogP contribution is 2.42. The van der Waals surface area contributed by atoms with Crippen molar-refractivity contribution in [3.8, 4) is 28.7 Å². The molecule has 2 heterocycles. The highest BCUT2D eigenvalue weighted by atomic mass is 127. The fourth-order valence-electron chi connectivity index (χ4n) is 3.58. The lowest BCUT2D eigenvalue weighted by atomic mass is 10.0.